The lowest BCUT2D eigenvalue weighted by atomic mass is 9.87. The van der Waals surface area contributed by atoms with E-state index < -0.39 is 0 Å². The number of carbonyl (C=O) groups excluding carboxylic acids is 1. The second-order valence-corrected chi connectivity index (χ2v) is 6.79. The molecular formula is C18H26N4O2. The standard InChI is InChI=1S/C18H26N4O2/c1-12-10-13(2)24-17(12)18(23)19-11-14-6-5-9-21(3)16(14)15-7-8-20-22(15)4/h7-8,10,14,16H,5-6,9,11H2,1-4H3,(H,19,23)/t14-,16+/m0/s1. The summed E-state index contributed by atoms with van der Waals surface area (Å²) in [5.74, 6) is 1.42. The van der Waals surface area contributed by atoms with Crippen LogP contribution in [0.2, 0.25) is 0 Å². The van der Waals surface area contributed by atoms with Crippen molar-refractivity contribution in [3.63, 3.8) is 0 Å². The first-order valence-corrected chi connectivity index (χ1v) is 8.50. The lowest BCUT2D eigenvalue weighted by Crippen LogP contribution is -2.42. The van der Waals surface area contributed by atoms with Crippen LogP contribution < -0.4 is 5.32 Å². The van der Waals surface area contributed by atoms with Crippen molar-refractivity contribution in [3.05, 3.63) is 41.1 Å². The van der Waals surface area contributed by atoms with Gasteiger partial charge in [0.1, 0.15) is 5.76 Å². The monoisotopic (exact) mass is 330 g/mol. The Hall–Kier alpha value is -2.08. The first-order valence-electron chi connectivity index (χ1n) is 8.50. The third-order valence-corrected chi connectivity index (χ3v) is 4.94. The molecule has 1 saturated heterocycles. The average Bonchev–Trinajstić information content (AvgIpc) is 3.10. The number of hydrogen-bond acceptors (Lipinski definition) is 4. The molecule has 1 N–H and O–H groups in total. The molecule has 6 nitrogen and oxygen atoms in total. The molecular weight excluding hydrogens is 304 g/mol. The molecule has 0 unspecified atom stereocenters. The summed E-state index contributed by atoms with van der Waals surface area (Å²) in [5.41, 5.74) is 2.08. The van der Waals surface area contributed by atoms with Gasteiger partial charge in [0.15, 0.2) is 5.76 Å². The molecule has 0 saturated carbocycles. The summed E-state index contributed by atoms with van der Waals surface area (Å²) in [5, 5.41) is 7.37. The summed E-state index contributed by atoms with van der Waals surface area (Å²) in [6.07, 6.45) is 4.07. The molecule has 1 fully saturated rings. The second-order valence-electron chi connectivity index (χ2n) is 6.79. The van der Waals surface area contributed by atoms with Gasteiger partial charge in [0.2, 0.25) is 0 Å². The lowest BCUT2D eigenvalue weighted by Gasteiger charge is -2.39. The minimum atomic E-state index is -0.127. The number of nitrogens with one attached hydrogen (secondary N) is 1. The van der Waals surface area contributed by atoms with Gasteiger partial charge in [-0.2, -0.15) is 5.10 Å². The zero-order valence-corrected chi connectivity index (χ0v) is 14.9. The Labute approximate surface area is 142 Å². The maximum atomic E-state index is 12.4. The zero-order valence-electron chi connectivity index (χ0n) is 14.9. The van der Waals surface area contributed by atoms with Gasteiger partial charge in [0.05, 0.1) is 11.7 Å². The van der Waals surface area contributed by atoms with Crippen molar-refractivity contribution in [1.82, 2.24) is 20.0 Å². The minimum Gasteiger partial charge on any atom is -0.456 e. The summed E-state index contributed by atoms with van der Waals surface area (Å²) in [6.45, 7) is 5.46. The minimum absolute atomic E-state index is 0.127. The molecule has 130 valence electrons. The number of rotatable bonds is 4. The maximum Gasteiger partial charge on any atom is 0.287 e. The van der Waals surface area contributed by atoms with Gasteiger partial charge >= 0.3 is 0 Å². The highest BCUT2D eigenvalue weighted by Gasteiger charge is 2.32. The Morgan fingerprint density at radius 3 is 2.83 bits per heavy atom. The second kappa shape index (κ2) is 6.81. The van der Waals surface area contributed by atoms with Crippen molar-refractivity contribution in [2.75, 3.05) is 20.1 Å². The summed E-state index contributed by atoms with van der Waals surface area (Å²) in [6, 6.07) is 4.23. The van der Waals surface area contributed by atoms with Crippen LogP contribution in [-0.2, 0) is 7.05 Å². The molecule has 24 heavy (non-hydrogen) atoms. The highest BCUT2D eigenvalue weighted by atomic mass is 16.3. The number of amides is 1. The van der Waals surface area contributed by atoms with E-state index in [-0.39, 0.29) is 11.9 Å². The number of hydrogen-bond donors (Lipinski definition) is 1. The van der Waals surface area contributed by atoms with Gasteiger partial charge in [-0.15, -0.1) is 0 Å². The van der Waals surface area contributed by atoms with Crippen LogP contribution >= 0.6 is 0 Å². The van der Waals surface area contributed by atoms with Crippen LogP contribution in [0.25, 0.3) is 0 Å². The topological polar surface area (TPSA) is 63.3 Å². The molecule has 0 bridgehead atoms. The number of carbonyl (C=O) groups is 1. The van der Waals surface area contributed by atoms with Crippen molar-refractivity contribution in [1.29, 1.82) is 0 Å². The number of piperidine rings is 1. The first-order chi connectivity index (χ1) is 11.5. The predicted octanol–water partition coefficient (Wildman–Crippen LogP) is 2.44. The molecule has 3 rings (SSSR count). The number of aryl methyl sites for hydroxylation is 3. The van der Waals surface area contributed by atoms with Gasteiger partial charge in [-0.05, 0) is 58.3 Å². The van der Waals surface area contributed by atoms with Crippen molar-refractivity contribution < 1.29 is 9.21 Å². The largest absolute Gasteiger partial charge is 0.456 e. The highest BCUT2D eigenvalue weighted by Crippen LogP contribution is 2.34. The Kier molecular flexibility index (Phi) is 4.76. The van der Waals surface area contributed by atoms with Crippen molar-refractivity contribution >= 4 is 5.91 Å². The summed E-state index contributed by atoms with van der Waals surface area (Å²) in [7, 11) is 4.12. The fraction of sp³-hybridized carbons (Fsp3) is 0.556. The van der Waals surface area contributed by atoms with Gasteiger partial charge in [0.25, 0.3) is 5.91 Å². The molecule has 2 aromatic heterocycles. The molecule has 0 radical (unpaired) electrons. The molecule has 1 amide bonds. The van der Waals surface area contributed by atoms with E-state index in [1.54, 1.807) is 0 Å². The van der Waals surface area contributed by atoms with E-state index >= 15 is 0 Å². The van der Waals surface area contributed by atoms with Gasteiger partial charge in [-0.3, -0.25) is 14.4 Å². The van der Waals surface area contributed by atoms with Crippen LogP contribution in [-0.4, -0.2) is 40.7 Å². The Morgan fingerprint density at radius 2 is 2.21 bits per heavy atom. The van der Waals surface area contributed by atoms with Crippen LogP contribution in [0.3, 0.4) is 0 Å². The normalized spacial score (nSPS) is 21.8. The van der Waals surface area contributed by atoms with Gasteiger partial charge in [-0.1, -0.05) is 0 Å². The van der Waals surface area contributed by atoms with Crippen LogP contribution in [0.5, 0.6) is 0 Å². The van der Waals surface area contributed by atoms with E-state index in [9.17, 15) is 4.79 Å². The molecule has 0 aliphatic carbocycles. The molecule has 0 aromatic carbocycles. The molecule has 1 aliphatic heterocycles. The zero-order chi connectivity index (χ0) is 17.3. The van der Waals surface area contributed by atoms with Crippen LogP contribution in [0.1, 0.15) is 46.5 Å². The van der Waals surface area contributed by atoms with E-state index in [0.717, 1.165) is 30.7 Å². The van der Waals surface area contributed by atoms with E-state index in [1.165, 1.54) is 5.69 Å². The molecule has 6 heteroatoms. The van der Waals surface area contributed by atoms with Gasteiger partial charge < -0.3 is 9.73 Å². The number of nitrogens with zero attached hydrogens (tertiary/aromatic N) is 3. The first kappa shape index (κ1) is 16.8. The third-order valence-electron chi connectivity index (χ3n) is 4.94. The summed E-state index contributed by atoms with van der Waals surface area (Å²) < 4.78 is 7.45. The van der Waals surface area contributed by atoms with Crippen molar-refractivity contribution in [3.8, 4) is 0 Å². The van der Waals surface area contributed by atoms with Crippen LogP contribution in [0.15, 0.2) is 22.7 Å². The van der Waals surface area contributed by atoms with Gasteiger partial charge in [0, 0.05) is 25.4 Å². The summed E-state index contributed by atoms with van der Waals surface area (Å²) in [4.78, 5) is 14.8. The fourth-order valence-electron chi connectivity index (χ4n) is 3.79. The Balaban J connectivity index is 1.71. The number of likely N-dealkylation sites (tertiary alicyclic amines) is 1. The van der Waals surface area contributed by atoms with Gasteiger partial charge in [-0.25, -0.2) is 0 Å². The van der Waals surface area contributed by atoms with Crippen LogP contribution in [0.4, 0.5) is 0 Å². The quantitative estimate of drug-likeness (QED) is 0.935. The predicted molar refractivity (Wildman–Crippen MR) is 91.8 cm³/mol. The van der Waals surface area contributed by atoms with Crippen LogP contribution in [0, 0.1) is 19.8 Å². The van der Waals surface area contributed by atoms with E-state index in [4.69, 9.17) is 4.42 Å². The smallest absolute Gasteiger partial charge is 0.287 e. The maximum absolute atomic E-state index is 12.4. The Morgan fingerprint density at radius 1 is 1.42 bits per heavy atom. The summed E-state index contributed by atoms with van der Waals surface area (Å²) >= 11 is 0. The molecule has 2 aromatic rings. The molecule has 1 aliphatic rings. The van der Waals surface area contributed by atoms with E-state index in [0.29, 0.717) is 18.2 Å². The van der Waals surface area contributed by atoms with E-state index in [1.807, 2.05) is 37.8 Å². The lowest BCUT2D eigenvalue weighted by molar-refractivity contribution is 0.0854. The third kappa shape index (κ3) is 3.24. The highest BCUT2D eigenvalue weighted by molar-refractivity contribution is 5.92. The van der Waals surface area contributed by atoms with Crippen molar-refractivity contribution in [2.24, 2.45) is 13.0 Å². The SMILES string of the molecule is Cc1cc(C)c(C(=O)NC[C@@H]2CCCN(C)[C@H]2c2ccnn2C)o1. The van der Waals surface area contributed by atoms with E-state index in [2.05, 4.69) is 28.4 Å². The number of aromatic nitrogens is 2. The van der Waals surface area contributed by atoms with Crippen molar-refractivity contribution in [2.45, 2.75) is 32.7 Å². The molecule has 2 atom stereocenters. The Bertz CT molecular complexity index is 718. The number of furan rings is 1. The molecule has 0 spiro atoms. The molecule has 3 heterocycles. The fourth-order valence-corrected chi connectivity index (χ4v) is 3.79. The average molecular weight is 330 g/mol.